The monoisotopic (exact) mass is 413 g/mol. The fourth-order valence-corrected chi connectivity index (χ4v) is 3.25. The highest BCUT2D eigenvalue weighted by molar-refractivity contribution is 5.99. The summed E-state index contributed by atoms with van der Waals surface area (Å²) < 4.78 is 18.7. The van der Waals surface area contributed by atoms with Gasteiger partial charge in [0.2, 0.25) is 11.8 Å². The van der Waals surface area contributed by atoms with Gasteiger partial charge in [-0.05, 0) is 42.8 Å². The molecule has 0 spiro atoms. The Kier molecular flexibility index (Phi) is 6.29. The summed E-state index contributed by atoms with van der Waals surface area (Å²) in [6, 6.07) is 11.3. The van der Waals surface area contributed by atoms with Gasteiger partial charge in [0.05, 0.1) is 24.8 Å². The van der Waals surface area contributed by atoms with E-state index in [4.69, 9.17) is 4.74 Å². The van der Waals surface area contributed by atoms with Gasteiger partial charge in [0, 0.05) is 11.1 Å². The summed E-state index contributed by atoms with van der Waals surface area (Å²) in [6.45, 7) is 8.51. The summed E-state index contributed by atoms with van der Waals surface area (Å²) in [6.07, 6.45) is 0. The molecule has 1 atom stereocenters. The van der Waals surface area contributed by atoms with Crippen LogP contribution >= 0.6 is 0 Å². The largest absolute Gasteiger partial charge is 0.490 e. The molecule has 1 aliphatic heterocycles. The van der Waals surface area contributed by atoms with Crippen LogP contribution in [0.5, 0.6) is 5.75 Å². The number of fused-ring (bicyclic) bond motifs is 1. The van der Waals surface area contributed by atoms with E-state index in [1.165, 1.54) is 12.1 Å². The predicted molar refractivity (Wildman–Crippen MR) is 115 cm³/mol. The topological polar surface area (TPSA) is 70.7 Å². The number of hydrogen-bond acceptors (Lipinski definition) is 4. The first-order chi connectivity index (χ1) is 14.1. The molecule has 0 saturated heterocycles. The van der Waals surface area contributed by atoms with Crippen molar-refractivity contribution in [3.63, 3.8) is 0 Å². The maximum atomic E-state index is 13.1. The van der Waals surface area contributed by atoms with Crippen LogP contribution in [-0.4, -0.2) is 31.5 Å². The van der Waals surface area contributed by atoms with Crippen molar-refractivity contribution in [1.29, 1.82) is 0 Å². The molecule has 1 heterocycles. The molecule has 1 unspecified atom stereocenters. The Morgan fingerprint density at radius 3 is 2.53 bits per heavy atom. The molecule has 160 valence electrons. The van der Waals surface area contributed by atoms with Crippen LogP contribution in [0.2, 0.25) is 0 Å². The first-order valence-corrected chi connectivity index (χ1v) is 10.0. The van der Waals surface area contributed by atoms with E-state index in [-0.39, 0.29) is 30.2 Å². The fraction of sp³-hybridized carbons (Fsp3) is 0.391. The lowest BCUT2D eigenvalue weighted by atomic mass is 9.94. The highest BCUT2D eigenvalue weighted by Crippen LogP contribution is 2.36. The van der Waals surface area contributed by atoms with Crippen molar-refractivity contribution in [3.05, 3.63) is 53.8 Å². The van der Waals surface area contributed by atoms with Crippen LogP contribution < -0.4 is 20.3 Å². The Balaban J connectivity index is 1.64. The highest BCUT2D eigenvalue weighted by atomic mass is 19.1. The van der Waals surface area contributed by atoms with E-state index in [9.17, 15) is 14.0 Å². The Morgan fingerprint density at radius 2 is 1.87 bits per heavy atom. The lowest BCUT2D eigenvalue weighted by Gasteiger charge is -2.34. The standard InChI is InChI=1S/C23H28FN3O3/c1-15(16-5-7-17(24)8-6-16)26-21(28)14-25-18-9-10-20-19(13-18)27(11-12-30-20)22(29)23(2,3)4/h5-10,13,15,25H,11-12,14H2,1-4H3,(H,26,28). The summed E-state index contributed by atoms with van der Waals surface area (Å²) in [7, 11) is 0. The minimum absolute atomic E-state index is 0.0232. The number of ether oxygens (including phenoxy) is 1. The van der Waals surface area contributed by atoms with Gasteiger partial charge in [-0.3, -0.25) is 9.59 Å². The van der Waals surface area contributed by atoms with Gasteiger partial charge in [0.25, 0.3) is 0 Å². The van der Waals surface area contributed by atoms with Crippen LogP contribution in [-0.2, 0) is 9.59 Å². The number of carbonyl (C=O) groups is 2. The van der Waals surface area contributed by atoms with E-state index in [2.05, 4.69) is 10.6 Å². The Morgan fingerprint density at radius 1 is 1.17 bits per heavy atom. The normalized spacial score (nSPS) is 14.4. The molecule has 2 amide bonds. The predicted octanol–water partition coefficient (Wildman–Crippen LogP) is 3.89. The molecule has 0 aromatic heterocycles. The van der Waals surface area contributed by atoms with Crippen molar-refractivity contribution in [3.8, 4) is 5.75 Å². The highest BCUT2D eigenvalue weighted by Gasteiger charge is 2.32. The van der Waals surface area contributed by atoms with E-state index in [1.54, 1.807) is 23.1 Å². The van der Waals surface area contributed by atoms with E-state index in [0.29, 0.717) is 24.6 Å². The number of rotatable bonds is 5. The first-order valence-electron chi connectivity index (χ1n) is 10.0. The number of carbonyl (C=O) groups excluding carboxylic acids is 2. The molecule has 0 fully saturated rings. The second kappa shape index (κ2) is 8.73. The lowest BCUT2D eigenvalue weighted by molar-refractivity contribution is -0.126. The van der Waals surface area contributed by atoms with Crippen LogP contribution in [0.25, 0.3) is 0 Å². The molecule has 2 aromatic rings. The number of nitrogens with one attached hydrogen (secondary N) is 2. The van der Waals surface area contributed by atoms with Gasteiger partial charge in [0.1, 0.15) is 18.2 Å². The second-order valence-electron chi connectivity index (χ2n) is 8.43. The Bertz CT molecular complexity index is 922. The maximum Gasteiger partial charge on any atom is 0.239 e. The molecule has 30 heavy (non-hydrogen) atoms. The van der Waals surface area contributed by atoms with Crippen molar-refractivity contribution in [1.82, 2.24) is 5.32 Å². The molecular weight excluding hydrogens is 385 g/mol. The summed E-state index contributed by atoms with van der Waals surface area (Å²) in [4.78, 5) is 26.9. The summed E-state index contributed by atoms with van der Waals surface area (Å²) in [5.41, 5.74) is 1.74. The zero-order valence-corrected chi connectivity index (χ0v) is 17.8. The minimum Gasteiger partial charge on any atom is -0.490 e. The first kappa shape index (κ1) is 21.6. The van der Waals surface area contributed by atoms with E-state index in [0.717, 1.165) is 11.3 Å². The second-order valence-corrected chi connectivity index (χ2v) is 8.43. The van der Waals surface area contributed by atoms with Crippen molar-refractivity contribution < 1.29 is 18.7 Å². The van der Waals surface area contributed by atoms with Gasteiger partial charge < -0.3 is 20.3 Å². The lowest BCUT2D eigenvalue weighted by Crippen LogP contribution is -2.44. The zero-order chi connectivity index (χ0) is 21.9. The average molecular weight is 413 g/mol. The van der Waals surface area contributed by atoms with E-state index in [1.807, 2.05) is 39.8 Å². The zero-order valence-electron chi connectivity index (χ0n) is 17.8. The van der Waals surface area contributed by atoms with Gasteiger partial charge in [-0.2, -0.15) is 0 Å². The third-order valence-electron chi connectivity index (χ3n) is 4.91. The number of benzene rings is 2. The number of halogens is 1. The number of amides is 2. The Hall–Kier alpha value is -3.09. The molecule has 0 saturated carbocycles. The molecule has 2 N–H and O–H groups in total. The summed E-state index contributed by atoms with van der Waals surface area (Å²) in [5.74, 6) is 0.173. The van der Waals surface area contributed by atoms with Crippen molar-refractivity contribution in [2.45, 2.75) is 33.7 Å². The molecule has 0 aliphatic carbocycles. The van der Waals surface area contributed by atoms with Crippen LogP contribution in [0.4, 0.5) is 15.8 Å². The minimum atomic E-state index is -0.506. The SMILES string of the molecule is CC(NC(=O)CNc1ccc2c(c1)N(C(=O)C(C)(C)C)CCO2)c1ccc(F)cc1. The molecule has 7 heteroatoms. The molecule has 0 radical (unpaired) electrons. The third kappa shape index (κ3) is 5.09. The van der Waals surface area contributed by atoms with Crippen LogP contribution in [0.3, 0.4) is 0 Å². The van der Waals surface area contributed by atoms with E-state index < -0.39 is 5.41 Å². The summed E-state index contributed by atoms with van der Waals surface area (Å²) in [5, 5.41) is 5.98. The molecular formula is C23H28FN3O3. The van der Waals surface area contributed by atoms with Crippen LogP contribution in [0.15, 0.2) is 42.5 Å². The van der Waals surface area contributed by atoms with Crippen molar-refractivity contribution in [2.75, 3.05) is 29.9 Å². The van der Waals surface area contributed by atoms with Crippen molar-refractivity contribution >= 4 is 23.2 Å². The van der Waals surface area contributed by atoms with Gasteiger partial charge in [-0.1, -0.05) is 32.9 Å². The number of anilines is 2. The fourth-order valence-electron chi connectivity index (χ4n) is 3.25. The third-order valence-corrected chi connectivity index (χ3v) is 4.91. The number of nitrogens with zero attached hydrogens (tertiary/aromatic N) is 1. The summed E-state index contributed by atoms with van der Waals surface area (Å²) >= 11 is 0. The quantitative estimate of drug-likeness (QED) is 0.780. The average Bonchev–Trinajstić information content (AvgIpc) is 2.71. The van der Waals surface area contributed by atoms with E-state index >= 15 is 0 Å². The van der Waals surface area contributed by atoms with Gasteiger partial charge in [-0.15, -0.1) is 0 Å². The Labute approximate surface area is 176 Å². The molecule has 6 nitrogen and oxygen atoms in total. The number of hydrogen-bond donors (Lipinski definition) is 2. The van der Waals surface area contributed by atoms with Gasteiger partial charge >= 0.3 is 0 Å². The molecule has 1 aliphatic rings. The smallest absolute Gasteiger partial charge is 0.239 e. The maximum absolute atomic E-state index is 13.1. The van der Waals surface area contributed by atoms with Crippen LogP contribution in [0, 0.1) is 11.2 Å². The van der Waals surface area contributed by atoms with Gasteiger partial charge in [-0.25, -0.2) is 4.39 Å². The molecule has 2 aromatic carbocycles. The molecule has 0 bridgehead atoms. The van der Waals surface area contributed by atoms with Crippen molar-refractivity contribution in [2.24, 2.45) is 5.41 Å². The van der Waals surface area contributed by atoms with Gasteiger partial charge in [0.15, 0.2) is 0 Å². The van der Waals surface area contributed by atoms with Crippen LogP contribution in [0.1, 0.15) is 39.3 Å². The molecule has 3 rings (SSSR count).